The Balaban J connectivity index is 1.72. The molecule has 0 aliphatic carbocycles. The van der Waals surface area contributed by atoms with Gasteiger partial charge in [0, 0.05) is 11.4 Å². The van der Waals surface area contributed by atoms with Crippen LogP contribution in [-0.4, -0.2) is 44.4 Å². The molecule has 2 atom stereocenters. The lowest BCUT2D eigenvalue weighted by atomic mass is 10.1. The molecule has 7 nitrogen and oxygen atoms in total. The summed E-state index contributed by atoms with van der Waals surface area (Å²) < 4.78 is 95.9. The third-order valence-electron chi connectivity index (χ3n) is 4.86. The zero-order valence-corrected chi connectivity index (χ0v) is 18.1. The molecule has 35 heavy (non-hydrogen) atoms. The number of anilines is 2. The molecule has 1 N–H and O–H groups in total. The van der Waals surface area contributed by atoms with E-state index < -0.39 is 54.1 Å². The van der Waals surface area contributed by atoms with Crippen molar-refractivity contribution in [2.75, 3.05) is 30.0 Å². The van der Waals surface area contributed by atoms with Gasteiger partial charge in [-0.15, -0.1) is 0 Å². The average molecular weight is 503 g/mol. The molecule has 2 aromatic rings. The lowest BCUT2D eigenvalue weighted by molar-refractivity contribution is -0.215. The van der Waals surface area contributed by atoms with E-state index in [1.165, 1.54) is 30.3 Å². The van der Waals surface area contributed by atoms with Gasteiger partial charge in [0.15, 0.2) is 0 Å². The van der Waals surface area contributed by atoms with Gasteiger partial charge < -0.3 is 19.1 Å². The van der Waals surface area contributed by atoms with Crippen LogP contribution in [0.3, 0.4) is 0 Å². The highest BCUT2D eigenvalue weighted by Gasteiger charge is 2.51. The fourth-order valence-corrected chi connectivity index (χ4v) is 3.35. The summed E-state index contributed by atoms with van der Waals surface area (Å²) in [6, 6.07) is 9.62. The molecular formula is C22H19F6N3O4. The molecule has 1 heterocycles. The Morgan fingerprint density at radius 3 is 2.43 bits per heavy atom. The summed E-state index contributed by atoms with van der Waals surface area (Å²) in [6.07, 6.45) is -14.1. The maximum Gasteiger partial charge on any atom is 0.433 e. The van der Waals surface area contributed by atoms with Gasteiger partial charge in [0.1, 0.15) is 18.5 Å². The molecular weight excluding hydrogens is 484 g/mol. The van der Waals surface area contributed by atoms with Crippen LogP contribution in [0.5, 0.6) is 5.75 Å². The van der Waals surface area contributed by atoms with Crippen molar-refractivity contribution in [3.63, 3.8) is 0 Å². The monoisotopic (exact) mass is 503 g/mol. The summed E-state index contributed by atoms with van der Waals surface area (Å²) in [5.74, 6) is 0.266. The molecule has 2 aromatic carbocycles. The van der Waals surface area contributed by atoms with E-state index in [2.05, 4.69) is 5.32 Å². The first kappa shape index (κ1) is 26.0. The van der Waals surface area contributed by atoms with Crippen LogP contribution in [0.25, 0.3) is 0 Å². The molecule has 1 aliphatic heterocycles. The minimum absolute atomic E-state index is 0.185. The van der Waals surface area contributed by atoms with Crippen molar-refractivity contribution in [2.24, 2.45) is 0 Å². The molecule has 0 radical (unpaired) electrons. The number of amides is 1. The molecule has 1 saturated heterocycles. The van der Waals surface area contributed by atoms with Gasteiger partial charge in [0.05, 0.1) is 30.3 Å². The lowest BCUT2D eigenvalue weighted by Crippen LogP contribution is -2.42. The molecule has 0 saturated carbocycles. The van der Waals surface area contributed by atoms with Gasteiger partial charge in [-0.1, -0.05) is 0 Å². The van der Waals surface area contributed by atoms with Crippen molar-refractivity contribution >= 4 is 17.5 Å². The second kappa shape index (κ2) is 10.3. The topological polar surface area (TPSA) is 83.8 Å². The number of hydrogen-bond acceptors (Lipinski definition) is 6. The van der Waals surface area contributed by atoms with E-state index in [1.807, 2.05) is 0 Å². The molecule has 0 unspecified atom stereocenters. The Hall–Kier alpha value is -3.66. The van der Waals surface area contributed by atoms with Crippen LogP contribution in [0.4, 0.5) is 42.5 Å². The second-order valence-corrected chi connectivity index (χ2v) is 7.32. The number of nitrogens with one attached hydrogen (secondary N) is 1. The van der Waals surface area contributed by atoms with E-state index in [0.29, 0.717) is 16.7 Å². The van der Waals surface area contributed by atoms with Gasteiger partial charge in [-0.25, -0.2) is 4.79 Å². The van der Waals surface area contributed by atoms with Crippen LogP contribution in [0.2, 0.25) is 0 Å². The van der Waals surface area contributed by atoms with Crippen molar-refractivity contribution in [3.8, 4) is 11.8 Å². The van der Waals surface area contributed by atoms with Gasteiger partial charge in [-0.3, -0.25) is 5.32 Å². The standard InChI is InChI=1S/C22H19F6N3O4/c1-2-33-20(32)30-14-4-7-16(8-5-14)34-12-17-11-31(19(35-17)22(26,27)28)15-6-3-13(10-29)18(9-15)21(23,24)25/h3-9,17,19H,2,11-12H2,1H3,(H,30,32)/t17-,19+/m0/s1. The fourth-order valence-electron chi connectivity index (χ4n) is 3.35. The molecule has 188 valence electrons. The summed E-state index contributed by atoms with van der Waals surface area (Å²) in [5, 5.41) is 11.4. The summed E-state index contributed by atoms with van der Waals surface area (Å²) >= 11 is 0. The molecule has 3 rings (SSSR count). The number of benzene rings is 2. The van der Waals surface area contributed by atoms with E-state index in [1.54, 1.807) is 6.92 Å². The minimum atomic E-state index is -4.92. The normalized spacial score (nSPS) is 18.2. The van der Waals surface area contributed by atoms with E-state index >= 15 is 0 Å². The van der Waals surface area contributed by atoms with Crippen molar-refractivity contribution in [3.05, 3.63) is 53.6 Å². The quantitative estimate of drug-likeness (QED) is 0.538. The first-order valence-corrected chi connectivity index (χ1v) is 10.2. The van der Waals surface area contributed by atoms with Crippen LogP contribution >= 0.6 is 0 Å². The zero-order valence-electron chi connectivity index (χ0n) is 18.1. The van der Waals surface area contributed by atoms with Gasteiger partial charge in [0.25, 0.3) is 0 Å². The van der Waals surface area contributed by atoms with Crippen molar-refractivity contribution in [1.82, 2.24) is 0 Å². The maximum atomic E-state index is 13.6. The Labute approximate surface area is 195 Å². The van der Waals surface area contributed by atoms with Crippen LogP contribution in [0.1, 0.15) is 18.1 Å². The number of hydrogen-bond donors (Lipinski definition) is 1. The van der Waals surface area contributed by atoms with Crippen LogP contribution in [-0.2, 0) is 15.7 Å². The summed E-state index contributed by atoms with van der Waals surface area (Å²) in [7, 11) is 0. The number of carbonyl (C=O) groups is 1. The predicted molar refractivity (Wildman–Crippen MR) is 111 cm³/mol. The van der Waals surface area contributed by atoms with E-state index in [9.17, 15) is 31.1 Å². The van der Waals surface area contributed by atoms with Crippen LogP contribution < -0.4 is 15.0 Å². The summed E-state index contributed by atoms with van der Waals surface area (Å²) in [4.78, 5) is 12.1. The Morgan fingerprint density at radius 2 is 1.86 bits per heavy atom. The third kappa shape index (κ3) is 6.48. The molecule has 0 aromatic heterocycles. The number of carbonyl (C=O) groups excluding carboxylic acids is 1. The molecule has 13 heteroatoms. The van der Waals surface area contributed by atoms with Gasteiger partial charge in [0.2, 0.25) is 6.23 Å². The van der Waals surface area contributed by atoms with E-state index in [4.69, 9.17) is 19.5 Å². The SMILES string of the molecule is CCOC(=O)Nc1ccc(OC[C@@H]2CN(c3ccc(C#N)c(C(F)(F)F)c3)[C@@H](C(F)(F)F)O2)cc1. The highest BCUT2D eigenvalue weighted by atomic mass is 19.4. The minimum Gasteiger partial charge on any atom is -0.491 e. The van der Waals surface area contributed by atoms with E-state index in [-0.39, 0.29) is 19.0 Å². The number of rotatable bonds is 6. The van der Waals surface area contributed by atoms with Crippen molar-refractivity contribution < 1.29 is 45.3 Å². The number of nitriles is 1. The summed E-state index contributed by atoms with van der Waals surface area (Å²) in [6.45, 7) is 1.10. The number of ether oxygens (including phenoxy) is 3. The predicted octanol–water partition coefficient (Wildman–Crippen LogP) is 5.32. The van der Waals surface area contributed by atoms with Gasteiger partial charge in [-0.05, 0) is 49.4 Å². The third-order valence-corrected chi connectivity index (χ3v) is 4.86. The fraction of sp³-hybridized carbons (Fsp3) is 0.364. The smallest absolute Gasteiger partial charge is 0.433 e. The highest BCUT2D eigenvalue weighted by Crippen LogP contribution is 2.39. The van der Waals surface area contributed by atoms with Crippen LogP contribution in [0.15, 0.2) is 42.5 Å². The molecule has 0 bridgehead atoms. The first-order chi connectivity index (χ1) is 16.4. The highest BCUT2D eigenvalue weighted by molar-refractivity contribution is 5.84. The number of nitrogens with zero attached hydrogens (tertiary/aromatic N) is 2. The Morgan fingerprint density at radius 1 is 1.17 bits per heavy atom. The van der Waals surface area contributed by atoms with Crippen molar-refractivity contribution in [1.29, 1.82) is 5.26 Å². The zero-order chi connectivity index (χ0) is 25.8. The lowest BCUT2D eigenvalue weighted by Gasteiger charge is -2.27. The first-order valence-electron chi connectivity index (χ1n) is 10.2. The van der Waals surface area contributed by atoms with Gasteiger partial charge in [-0.2, -0.15) is 31.6 Å². The Bertz CT molecular complexity index is 1080. The van der Waals surface area contributed by atoms with Crippen LogP contribution in [0, 0.1) is 11.3 Å². The number of alkyl halides is 6. The van der Waals surface area contributed by atoms with E-state index in [0.717, 1.165) is 12.1 Å². The Kier molecular flexibility index (Phi) is 7.64. The second-order valence-electron chi connectivity index (χ2n) is 7.32. The largest absolute Gasteiger partial charge is 0.491 e. The molecule has 1 amide bonds. The molecule has 1 fully saturated rings. The average Bonchev–Trinajstić information content (AvgIpc) is 3.23. The summed E-state index contributed by atoms with van der Waals surface area (Å²) in [5.41, 5.74) is -2.03. The number of halogens is 6. The maximum absolute atomic E-state index is 13.6. The molecule has 1 aliphatic rings. The molecule has 0 spiro atoms. The van der Waals surface area contributed by atoms with Crippen molar-refractivity contribution in [2.45, 2.75) is 31.6 Å². The van der Waals surface area contributed by atoms with Gasteiger partial charge >= 0.3 is 18.4 Å².